The van der Waals surface area contributed by atoms with Crippen LogP contribution in [0.3, 0.4) is 0 Å². The lowest BCUT2D eigenvalue weighted by Crippen LogP contribution is -2.23. The minimum Gasteiger partial charge on any atom is -0.337 e. The van der Waals surface area contributed by atoms with Crippen LogP contribution in [0.2, 0.25) is 0 Å². The molecular weight excluding hydrogens is 222 g/mol. The van der Waals surface area contributed by atoms with E-state index in [0.29, 0.717) is 4.80 Å². The van der Waals surface area contributed by atoms with Crippen molar-refractivity contribution in [3.63, 3.8) is 0 Å². The molecular formula is C11H13N3OS. The lowest BCUT2D eigenvalue weighted by molar-refractivity contribution is -0.116. The zero-order chi connectivity index (χ0) is 11.7. The Hall–Kier alpha value is -1.62. The molecule has 2 aromatic rings. The molecule has 0 radical (unpaired) electrons. The molecule has 2 N–H and O–H groups in total. The predicted octanol–water partition coefficient (Wildman–Crippen LogP) is 1.43. The van der Waals surface area contributed by atoms with Gasteiger partial charge in [-0.1, -0.05) is 24.3 Å². The van der Waals surface area contributed by atoms with Crippen LogP contribution < -0.4 is 10.6 Å². The summed E-state index contributed by atoms with van der Waals surface area (Å²) in [5.41, 5.74) is 2.16. The molecule has 0 fully saturated rings. The quantitative estimate of drug-likeness (QED) is 0.760. The van der Waals surface area contributed by atoms with Gasteiger partial charge in [-0.2, -0.15) is 4.99 Å². The number of nitrogens with zero attached hydrogens (tertiary/aromatic N) is 2. The van der Waals surface area contributed by atoms with Crippen molar-refractivity contribution in [2.45, 2.75) is 20.3 Å². The summed E-state index contributed by atoms with van der Waals surface area (Å²) in [7, 11) is 0. The van der Waals surface area contributed by atoms with Gasteiger partial charge in [-0.15, -0.1) is 0 Å². The molecule has 4 nitrogen and oxygen atoms in total. The zero-order valence-corrected chi connectivity index (χ0v) is 10.0. The number of amides is 1. The van der Waals surface area contributed by atoms with E-state index in [4.69, 9.17) is 5.84 Å². The van der Waals surface area contributed by atoms with Crippen LogP contribution in [0, 0.1) is 0 Å². The number of aryl methyl sites for hydroxylation is 1. The molecule has 0 spiro atoms. The van der Waals surface area contributed by atoms with E-state index >= 15 is 0 Å². The summed E-state index contributed by atoms with van der Waals surface area (Å²) in [6, 6.07) is 6.09. The Bertz CT molecular complexity index is 609. The van der Waals surface area contributed by atoms with Crippen LogP contribution in [0.25, 0.3) is 10.2 Å². The van der Waals surface area contributed by atoms with Crippen LogP contribution in [0.4, 0.5) is 0 Å². The van der Waals surface area contributed by atoms with Crippen LogP contribution in [-0.4, -0.2) is 10.6 Å². The smallest absolute Gasteiger partial charge is 0.245 e. The molecule has 5 heteroatoms. The van der Waals surface area contributed by atoms with Crippen molar-refractivity contribution in [3.05, 3.63) is 28.6 Å². The highest BCUT2D eigenvalue weighted by Crippen LogP contribution is 2.17. The number of hydrogen-bond acceptors (Lipinski definition) is 3. The van der Waals surface area contributed by atoms with Crippen LogP contribution in [0.1, 0.15) is 19.4 Å². The Labute approximate surface area is 97.0 Å². The Morgan fingerprint density at radius 1 is 1.56 bits per heavy atom. The maximum absolute atomic E-state index is 10.9. The molecule has 84 valence electrons. The first-order chi connectivity index (χ1) is 7.61. The van der Waals surface area contributed by atoms with E-state index in [1.807, 2.05) is 12.1 Å². The van der Waals surface area contributed by atoms with Crippen molar-refractivity contribution in [1.82, 2.24) is 4.68 Å². The number of nitrogens with two attached hydrogens (primary N) is 1. The molecule has 0 aliphatic heterocycles. The normalized spacial score (nSPS) is 12.2. The molecule has 2 rings (SSSR count). The largest absolute Gasteiger partial charge is 0.337 e. The summed E-state index contributed by atoms with van der Waals surface area (Å²) in [5, 5.41) is 0. The van der Waals surface area contributed by atoms with Crippen molar-refractivity contribution in [2.75, 3.05) is 5.84 Å². The molecule has 0 saturated carbocycles. The summed E-state index contributed by atoms with van der Waals surface area (Å²) >= 11 is 1.43. The Morgan fingerprint density at radius 3 is 2.94 bits per heavy atom. The standard InChI is InChI=1S/C11H13N3OS/c1-3-8-4-5-9-10(6-8)16-11(14(9)12)13-7(2)15/h4-6H,3,12H2,1-2H3. The van der Waals surface area contributed by atoms with Crippen molar-refractivity contribution in [2.24, 2.45) is 4.99 Å². The van der Waals surface area contributed by atoms with E-state index in [1.165, 1.54) is 28.5 Å². The van der Waals surface area contributed by atoms with E-state index in [0.717, 1.165) is 16.6 Å². The molecule has 0 aliphatic rings. The van der Waals surface area contributed by atoms with Gasteiger partial charge in [0.05, 0.1) is 10.2 Å². The molecule has 1 amide bonds. The van der Waals surface area contributed by atoms with E-state index in [9.17, 15) is 4.79 Å². The van der Waals surface area contributed by atoms with Crippen LogP contribution >= 0.6 is 11.3 Å². The number of aromatic nitrogens is 1. The molecule has 0 saturated heterocycles. The predicted molar refractivity (Wildman–Crippen MR) is 65.6 cm³/mol. The summed E-state index contributed by atoms with van der Waals surface area (Å²) in [4.78, 5) is 15.3. The van der Waals surface area contributed by atoms with Crippen molar-refractivity contribution in [3.8, 4) is 0 Å². The van der Waals surface area contributed by atoms with Crippen LogP contribution in [0.15, 0.2) is 23.2 Å². The number of nitrogen functional groups attached to an aromatic ring is 1. The highest BCUT2D eigenvalue weighted by atomic mass is 32.1. The lowest BCUT2D eigenvalue weighted by Gasteiger charge is -1.97. The molecule has 1 aromatic carbocycles. The minimum atomic E-state index is -0.235. The van der Waals surface area contributed by atoms with Crippen LogP contribution in [-0.2, 0) is 11.2 Å². The maximum atomic E-state index is 10.9. The third kappa shape index (κ3) is 1.86. The summed E-state index contributed by atoms with van der Waals surface area (Å²) in [6.07, 6.45) is 0.984. The third-order valence-corrected chi connectivity index (χ3v) is 3.37. The summed E-state index contributed by atoms with van der Waals surface area (Å²) in [6.45, 7) is 3.52. The average Bonchev–Trinajstić information content (AvgIpc) is 2.54. The molecule has 0 atom stereocenters. The molecule has 0 aliphatic carbocycles. The van der Waals surface area contributed by atoms with Gasteiger partial charge >= 0.3 is 0 Å². The number of carbonyl (C=O) groups excluding carboxylic acids is 1. The molecule has 16 heavy (non-hydrogen) atoms. The van der Waals surface area contributed by atoms with Crippen molar-refractivity contribution >= 4 is 27.5 Å². The van der Waals surface area contributed by atoms with E-state index in [1.54, 1.807) is 0 Å². The monoisotopic (exact) mass is 235 g/mol. The first-order valence-electron chi connectivity index (χ1n) is 5.06. The Kier molecular flexibility index (Phi) is 2.78. The second-order valence-electron chi connectivity index (χ2n) is 3.54. The van der Waals surface area contributed by atoms with Crippen molar-refractivity contribution < 1.29 is 4.79 Å². The fourth-order valence-corrected chi connectivity index (χ4v) is 2.57. The zero-order valence-electron chi connectivity index (χ0n) is 9.23. The topological polar surface area (TPSA) is 60.4 Å². The lowest BCUT2D eigenvalue weighted by atomic mass is 10.2. The van der Waals surface area contributed by atoms with Gasteiger partial charge in [0, 0.05) is 6.92 Å². The van der Waals surface area contributed by atoms with Crippen molar-refractivity contribution in [1.29, 1.82) is 0 Å². The van der Waals surface area contributed by atoms with E-state index in [-0.39, 0.29) is 5.91 Å². The fourth-order valence-electron chi connectivity index (χ4n) is 1.52. The van der Waals surface area contributed by atoms with E-state index < -0.39 is 0 Å². The number of carbonyl (C=O) groups is 1. The average molecular weight is 235 g/mol. The fraction of sp³-hybridized carbons (Fsp3) is 0.273. The van der Waals surface area contributed by atoms with Gasteiger partial charge in [0.25, 0.3) is 0 Å². The third-order valence-electron chi connectivity index (χ3n) is 2.35. The van der Waals surface area contributed by atoms with Gasteiger partial charge in [0.1, 0.15) is 0 Å². The Morgan fingerprint density at radius 2 is 2.31 bits per heavy atom. The Balaban J connectivity index is 2.72. The number of hydrogen-bond donors (Lipinski definition) is 1. The maximum Gasteiger partial charge on any atom is 0.245 e. The first-order valence-corrected chi connectivity index (χ1v) is 5.88. The second kappa shape index (κ2) is 4.09. The van der Waals surface area contributed by atoms with Gasteiger partial charge in [0.15, 0.2) is 0 Å². The molecule has 0 bridgehead atoms. The molecule has 1 heterocycles. The minimum absolute atomic E-state index is 0.235. The molecule has 0 unspecified atom stereocenters. The second-order valence-corrected chi connectivity index (χ2v) is 4.55. The van der Waals surface area contributed by atoms with E-state index in [2.05, 4.69) is 18.0 Å². The number of rotatable bonds is 1. The van der Waals surface area contributed by atoms with Gasteiger partial charge in [0.2, 0.25) is 10.7 Å². The first kappa shape index (κ1) is 10.9. The SMILES string of the molecule is CCc1ccc2c(c1)sc(=NC(C)=O)n2N. The summed E-state index contributed by atoms with van der Waals surface area (Å²) in [5.74, 6) is 5.63. The molecule has 1 aromatic heterocycles. The highest BCUT2D eigenvalue weighted by Gasteiger charge is 2.04. The number of thiazole rings is 1. The van der Waals surface area contributed by atoms with Gasteiger partial charge in [-0.05, 0) is 24.1 Å². The number of benzene rings is 1. The van der Waals surface area contributed by atoms with Gasteiger partial charge in [-0.25, -0.2) is 4.68 Å². The van der Waals surface area contributed by atoms with Gasteiger partial charge < -0.3 is 5.84 Å². The van der Waals surface area contributed by atoms with Gasteiger partial charge in [-0.3, -0.25) is 4.79 Å². The summed E-state index contributed by atoms with van der Waals surface area (Å²) < 4.78 is 2.52. The number of fused-ring (bicyclic) bond motifs is 1. The van der Waals surface area contributed by atoms with Crippen LogP contribution in [0.5, 0.6) is 0 Å². The highest BCUT2D eigenvalue weighted by molar-refractivity contribution is 7.16.